The zero-order valence-electron chi connectivity index (χ0n) is 9.71. The Hall–Kier alpha value is -1.31. The molecule has 0 bridgehead atoms. The lowest BCUT2D eigenvalue weighted by molar-refractivity contribution is -0.0457. The van der Waals surface area contributed by atoms with E-state index in [4.69, 9.17) is 9.47 Å². The molecule has 1 aliphatic heterocycles. The summed E-state index contributed by atoms with van der Waals surface area (Å²) in [6, 6.07) is 1.22. The predicted molar refractivity (Wildman–Crippen MR) is 73.6 cm³/mol. The maximum atomic E-state index is 11.6. The van der Waals surface area contributed by atoms with Gasteiger partial charge in [0, 0.05) is 45.2 Å². The lowest BCUT2D eigenvalue weighted by Gasteiger charge is -2.14. The Kier molecular flexibility index (Phi) is 4.62. The first-order valence-electron chi connectivity index (χ1n) is 5.49. The van der Waals surface area contributed by atoms with E-state index in [9.17, 15) is 14.7 Å². The number of rotatable bonds is 3. The maximum absolute atomic E-state index is 11.6. The topological polar surface area (TPSA) is 93.6 Å². The second-order valence-corrected chi connectivity index (χ2v) is 4.50. The second kappa shape index (κ2) is 6.23. The standard InChI is InChI=1S/C11H11IN2O5/c12-2-4-18-6-8-7(15)5-10(19-8)14-3-1-9(16)13-11(14)17/h1,3,7-8,10,15H,5-6H2,(H,13,16,17)/t7-,8+,10+/m0/s1. The van der Waals surface area contributed by atoms with Gasteiger partial charge < -0.3 is 14.6 Å². The minimum absolute atomic E-state index is 0.117. The minimum atomic E-state index is -0.750. The van der Waals surface area contributed by atoms with Gasteiger partial charge in [0.1, 0.15) is 25.0 Å². The van der Waals surface area contributed by atoms with Crippen LogP contribution < -0.4 is 11.2 Å². The van der Waals surface area contributed by atoms with Crippen LogP contribution in [0.15, 0.2) is 21.9 Å². The highest BCUT2D eigenvalue weighted by Crippen LogP contribution is 2.27. The van der Waals surface area contributed by atoms with Crippen LogP contribution >= 0.6 is 22.6 Å². The Morgan fingerprint density at radius 3 is 3.11 bits per heavy atom. The van der Waals surface area contributed by atoms with Crippen LogP contribution in [0, 0.1) is 10.0 Å². The zero-order chi connectivity index (χ0) is 13.8. The highest BCUT2D eigenvalue weighted by molar-refractivity contribution is 14.1. The van der Waals surface area contributed by atoms with Crippen molar-refractivity contribution in [3.05, 3.63) is 33.1 Å². The molecule has 1 aromatic rings. The molecule has 8 heteroatoms. The summed E-state index contributed by atoms with van der Waals surface area (Å²) in [5.41, 5.74) is -1.05. The SMILES string of the molecule is O=c1ccn([C@H]2C[C@H](O)[C@@H](COC#CI)O2)c(=O)[nH]1. The Labute approximate surface area is 121 Å². The van der Waals surface area contributed by atoms with Gasteiger partial charge >= 0.3 is 5.69 Å². The van der Waals surface area contributed by atoms with Gasteiger partial charge in [0.05, 0.1) is 6.10 Å². The number of nitrogens with one attached hydrogen (secondary N) is 1. The van der Waals surface area contributed by atoms with Gasteiger partial charge in [0.15, 0.2) is 0 Å². The molecule has 2 heterocycles. The van der Waals surface area contributed by atoms with Gasteiger partial charge in [0.2, 0.25) is 0 Å². The number of aliphatic hydroxyl groups excluding tert-OH is 1. The molecule has 0 unspecified atom stereocenters. The van der Waals surface area contributed by atoms with Crippen LogP contribution in [0.4, 0.5) is 0 Å². The smallest absolute Gasteiger partial charge is 0.330 e. The van der Waals surface area contributed by atoms with Crippen LogP contribution in [0.5, 0.6) is 0 Å². The normalized spacial score (nSPS) is 25.7. The molecule has 19 heavy (non-hydrogen) atoms. The Morgan fingerprint density at radius 1 is 1.63 bits per heavy atom. The van der Waals surface area contributed by atoms with E-state index < -0.39 is 29.7 Å². The molecule has 0 radical (unpaired) electrons. The summed E-state index contributed by atoms with van der Waals surface area (Å²) in [4.78, 5) is 24.7. The van der Waals surface area contributed by atoms with Gasteiger partial charge in [-0.1, -0.05) is 0 Å². The van der Waals surface area contributed by atoms with Crippen molar-refractivity contribution in [1.29, 1.82) is 0 Å². The molecule has 1 fully saturated rings. The molecule has 102 valence electrons. The molecule has 7 nitrogen and oxygen atoms in total. The first kappa shape index (κ1) is 14.1. The van der Waals surface area contributed by atoms with Crippen molar-refractivity contribution in [2.75, 3.05) is 6.61 Å². The van der Waals surface area contributed by atoms with E-state index in [0.717, 1.165) is 0 Å². The van der Waals surface area contributed by atoms with Crippen molar-refractivity contribution < 1.29 is 14.6 Å². The van der Waals surface area contributed by atoms with E-state index in [0.29, 0.717) is 0 Å². The van der Waals surface area contributed by atoms with E-state index in [-0.39, 0.29) is 13.0 Å². The fourth-order valence-electron chi connectivity index (χ4n) is 1.84. The summed E-state index contributed by atoms with van der Waals surface area (Å²) in [6.07, 6.45) is 2.06. The Bertz CT molecular complexity index is 614. The third-order valence-electron chi connectivity index (χ3n) is 2.72. The predicted octanol–water partition coefficient (Wildman–Crippen LogP) is -0.445. The third-order valence-corrected chi connectivity index (χ3v) is 2.94. The molecule has 3 atom stereocenters. The number of aromatic amines is 1. The fourth-order valence-corrected chi connectivity index (χ4v) is 2.00. The van der Waals surface area contributed by atoms with Crippen molar-refractivity contribution >= 4 is 22.6 Å². The van der Waals surface area contributed by atoms with Crippen molar-refractivity contribution in [2.24, 2.45) is 0 Å². The lowest BCUT2D eigenvalue weighted by Crippen LogP contribution is -2.31. The van der Waals surface area contributed by atoms with E-state index in [1.807, 2.05) is 22.6 Å². The average Bonchev–Trinajstić information content (AvgIpc) is 2.71. The maximum Gasteiger partial charge on any atom is 0.330 e. The van der Waals surface area contributed by atoms with Crippen molar-refractivity contribution in [2.45, 2.75) is 24.9 Å². The summed E-state index contributed by atoms with van der Waals surface area (Å²) in [5, 5.41) is 9.82. The molecular formula is C11H11IN2O5. The van der Waals surface area contributed by atoms with E-state index in [1.165, 1.54) is 16.8 Å². The molecule has 0 saturated carbocycles. The quantitative estimate of drug-likeness (QED) is 0.549. The largest absolute Gasteiger partial charge is 0.443 e. The molecular weight excluding hydrogens is 367 g/mol. The summed E-state index contributed by atoms with van der Waals surface area (Å²) < 4.78 is 14.3. The van der Waals surface area contributed by atoms with Crippen LogP contribution in [-0.2, 0) is 9.47 Å². The number of aromatic nitrogens is 2. The number of H-pyrrole nitrogens is 1. The summed E-state index contributed by atoms with van der Waals surface area (Å²) in [5.74, 6) is 0. The number of ether oxygens (including phenoxy) is 2. The van der Waals surface area contributed by atoms with Crippen LogP contribution in [0.2, 0.25) is 0 Å². The number of hydrogen-bond donors (Lipinski definition) is 2. The van der Waals surface area contributed by atoms with Crippen LogP contribution in [-0.4, -0.2) is 33.5 Å². The van der Waals surface area contributed by atoms with Crippen LogP contribution in [0.3, 0.4) is 0 Å². The molecule has 0 spiro atoms. The van der Waals surface area contributed by atoms with Crippen molar-refractivity contribution in [1.82, 2.24) is 9.55 Å². The molecule has 1 aromatic heterocycles. The Balaban J connectivity index is 2.09. The summed E-state index contributed by atoms with van der Waals surface area (Å²) >= 11 is 1.83. The van der Waals surface area contributed by atoms with Crippen LogP contribution in [0.25, 0.3) is 0 Å². The molecule has 2 N–H and O–H groups in total. The van der Waals surface area contributed by atoms with Gasteiger partial charge in [-0.15, -0.1) is 0 Å². The number of nitrogens with zero attached hydrogens (tertiary/aromatic N) is 1. The molecule has 1 aliphatic rings. The van der Waals surface area contributed by atoms with Crippen molar-refractivity contribution in [3.8, 4) is 10.0 Å². The number of hydrogen-bond acceptors (Lipinski definition) is 5. The van der Waals surface area contributed by atoms with Gasteiger partial charge in [0.25, 0.3) is 5.56 Å². The van der Waals surface area contributed by atoms with Gasteiger partial charge in [-0.2, -0.15) is 0 Å². The summed E-state index contributed by atoms with van der Waals surface area (Å²) in [6.45, 7) is 0.117. The second-order valence-electron chi connectivity index (χ2n) is 3.96. The monoisotopic (exact) mass is 378 g/mol. The fraction of sp³-hybridized carbons (Fsp3) is 0.455. The highest BCUT2D eigenvalue weighted by Gasteiger charge is 2.35. The lowest BCUT2D eigenvalue weighted by atomic mass is 10.2. The van der Waals surface area contributed by atoms with Crippen LogP contribution in [0.1, 0.15) is 12.6 Å². The van der Waals surface area contributed by atoms with Crippen molar-refractivity contribution in [3.63, 3.8) is 0 Å². The third kappa shape index (κ3) is 3.37. The summed E-state index contributed by atoms with van der Waals surface area (Å²) in [7, 11) is 0. The zero-order valence-corrected chi connectivity index (χ0v) is 11.9. The molecule has 0 amide bonds. The Morgan fingerprint density at radius 2 is 2.42 bits per heavy atom. The molecule has 1 saturated heterocycles. The van der Waals surface area contributed by atoms with Gasteiger partial charge in [-0.3, -0.25) is 14.3 Å². The van der Waals surface area contributed by atoms with E-state index >= 15 is 0 Å². The molecule has 0 aromatic carbocycles. The number of aliphatic hydroxyl groups is 1. The first-order valence-corrected chi connectivity index (χ1v) is 6.57. The molecule has 0 aliphatic carbocycles. The van der Waals surface area contributed by atoms with Gasteiger partial charge in [-0.25, -0.2) is 4.79 Å². The van der Waals surface area contributed by atoms with Gasteiger partial charge in [-0.05, 0) is 0 Å². The number of halogens is 1. The minimum Gasteiger partial charge on any atom is -0.443 e. The average molecular weight is 378 g/mol. The van der Waals surface area contributed by atoms with E-state index in [2.05, 4.69) is 15.0 Å². The van der Waals surface area contributed by atoms with E-state index in [1.54, 1.807) is 0 Å². The highest BCUT2D eigenvalue weighted by atomic mass is 127. The molecule has 2 rings (SSSR count). The first-order chi connectivity index (χ1) is 9.11.